The number of nitrogens with zero attached hydrogens (tertiary/aromatic N) is 4. The Morgan fingerprint density at radius 3 is 2.72 bits per heavy atom. The van der Waals surface area contributed by atoms with Crippen LogP contribution in [0, 0.1) is 13.8 Å². The molecule has 3 aromatic rings. The lowest BCUT2D eigenvalue weighted by Gasteiger charge is -2.11. The van der Waals surface area contributed by atoms with E-state index in [9.17, 15) is 4.79 Å². The number of nitrogens with one attached hydrogen (secondary N) is 1. The van der Waals surface area contributed by atoms with Gasteiger partial charge in [0, 0.05) is 11.9 Å². The topological polar surface area (TPSA) is 72.7 Å². The van der Waals surface area contributed by atoms with Crippen molar-refractivity contribution in [3.8, 4) is 5.69 Å². The van der Waals surface area contributed by atoms with E-state index in [0.29, 0.717) is 12.2 Å². The maximum absolute atomic E-state index is 12.5. The molecule has 0 unspecified atom stereocenters. The molecule has 25 heavy (non-hydrogen) atoms. The Balaban J connectivity index is 2.01. The van der Waals surface area contributed by atoms with Gasteiger partial charge in [-0.1, -0.05) is 43.2 Å². The van der Waals surface area contributed by atoms with Crippen molar-refractivity contribution in [2.45, 2.75) is 40.0 Å². The van der Waals surface area contributed by atoms with Crippen molar-refractivity contribution in [3.05, 3.63) is 47.4 Å². The van der Waals surface area contributed by atoms with Crippen molar-refractivity contribution in [2.75, 3.05) is 6.54 Å². The number of pyridine rings is 1. The second kappa shape index (κ2) is 7.42. The number of aryl methyl sites for hydroxylation is 1. The predicted octanol–water partition coefficient (Wildman–Crippen LogP) is 3.35. The summed E-state index contributed by atoms with van der Waals surface area (Å²) in [6.45, 7) is 6.69. The highest BCUT2D eigenvalue weighted by atomic mass is 16.1. The number of unbranched alkanes of at least 4 members (excludes halogenated alkanes) is 2. The third-order valence-corrected chi connectivity index (χ3v) is 4.35. The lowest BCUT2D eigenvalue weighted by Crippen LogP contribution is -2.25. The predicted molar refractivity (Wildman–Crippen MR) is 98.0 cm³/mol. The Kier molecular flexibility index (Phi) is 5.07. The molecule has 1 N–H and O–H groups in total. The van der Waals surface area contributed by atoms with Gasteiger partial charge in [-0.3, -0.25) is 4.79 Å². The lowest BCUT2D eigenvalue weighted by atomic mass is 10.1. The number of amides is 1. The molecular formula is C19H23N5O. The van der Waals surface area contributed by atoms with Gasteiger partial charge in [0.05, 0.1) is 22.6 Å². The van der Waals surface area contributed by atoms with E-state index in [1.54, 1.807) is 10.7 Å². The molecule has 0 fully saturated rings. The van der Waals surface area contributed by atoms with Gasteiger partial charge in [0.15, 0.2) is 0 Å². The second-order valence-electron chi connectivity index (χ2n) is 6.18. The molecule has 2 aromatic heterocycles. The van der Waals surface area contributed by atoms with Gasteiger partial charge in [-0.05, 0) is 32.4 Å². The molecule has 0 aliphatic carbocycles. The van der Waals surface area contributed by atoms with Crippen molar-refractivity contribution in [2.24, 2.45) is 0 Å². The van der Waals surface area contributed by atoms with Crippen LogP contribution in [0.5, 0.6) is 0 Å². The van der Waals surface area contributed by atoms with Crippen molar-refractivity contribution >= 4 is 16.8 Å². The minimum atomic E-state index is -0.155. The van der Waals surface area contributed by atoms with Crippen LogP contribution in [0.2, 0.25) is 0 Å². The van der Waals surface area contributed by atoms with Gasteiger partial charge in [0.1, 0.15) is 5.69 Å². The average molecular weight is 337 g/mol. The van der Waals surface area contributed by atoms with Crippen molar-refractivity contribution in [1.29, 1.82) is 0 Å². The molecule has 6 heteroatoms. The molecule has 0 saturated carbocycles. The summed E-state index contributed by atoms with van der Waals surface area (Å²) in [6, 6.07) is 9.56. The van der Waals surface area contributed by atoms with Crippen LogP contribution in [0.3, 0.4) is 0 Å². The summed E-state index contributed by atoms with van der Waals surface area (Å²) in [5.41, 5.74) is 3.81. The molecule has 0 spiro atoms. The van der Waals surface area contributed by atoms with E-state index in [1.807, 2.05) is 38.1 Å². The quantitative estimate of drug-likeness (QED) is 0.700. The molecule has 1 amide bonds. The third kappa shape index (κ3) is 3.52. The number of carbonyl (C=O) groups is 1. The zero-order chi connectivity index (χ0) is 17.8. The SMILES string of the molecule is CCCCCNC(=O)c1cc(-n2nnc(C)c2C)c2ccccc2n1. The summed E-state index contributed by atoms with van der Waals surface area (Å²) in [6.07, 6.45) is 3.21. The maximum atomic E-state index is 12.5. The first-order valence-electron chi connectivity index (χ1n) is 8.69. The number of benzene rings is 1. The van der Waals surface area contributed by atoms with E-state index in [-0.39, 0.29) is 5.91 Å². The lowest BCUT2D eigenvalue weighted by molar-refractivity contribution is 0.0948. The van der Waals surface area contributed by atoms with Crippen LogP contribution < -0.4 is 5.32 Å². The van der Waals surface area contributed by atoms with Crippen LogP contribution >= 0.6 is 0 Å². The molecule has 0 atom stereocenters. The summed E-state index contributed by atoms with van der Waals surface area (Å²) >= 11 is 0. The summed E-state index contributed by atoms with van der Waals surface area (Å²) < 4.78 is 1.77. The highest BCUT2D eigenvalue weighted by Crippen LogP contribution is 2.23. The molecule has 0 aliphatic heterocycles. The monoisotopic (exact) mass is 337 g/mol. The first-order valence-corrected chi connectivity index (χ1v) is 8.69. The van der Waals surface area contributed by atoms with E-state index in [2.05, 4.69) is 27.5 Å². The molecule has 130 valence electrons. The number of aromatic nitrogens is 4. The average Bonchev–Trinajstić information content (AvgIpc) is 2.96. The van der Waals surface area contributed by atoms with Gasteiger partial charge in [-0.15, -0.1) is 5.10 Å². The fourth-order valence-electron chi connectivity index (χ4n) is 2.75. The highest BCUT2D eigenvalue weighted by molar-refractivity contribution is 5.97. The molecule has 0 bridgehead atoms. The summed E-state index contributed by atoms with van der Waals surface area (Å²) in [5, 5.41) is 12.3. The van der Waals surface area contributed by atoms with Gasteiger partial charge in [0.25, 0.3) is 5.91 Å². The Morgan fingerprint density at radius 1 is 1.20 bits per heavy atom. The maximum Gasteiger partial charge on any atom is 0.269 e. The normalized spacial score (nSPS) is 11.0. The number of para-hydroxylation sites is 1. The zero-order valence-corrected chi connectivity index (χ0v) is 14.9. The van der Waals surface area contributed by atoms with E-state index in [0.717, 1.165) is 47.2 Å². The minimum Gasteiger partial charge on any atom is -0.351 e. The van der Waals surface area contributed by atoms with Gasteiger partial charge in [0.2, 0.25) is 0 Å². The second-order valence-corrected chi connectivity index (χ2v) is 6.18. The Hall–Kier alpha value is -2.76. The molecule has 2 heterocycles. The molecule has 0 aliphatic rings. The Labute approximate surface area is 147 Å². The van der Waals surface area contributed by atoms with Gasteiger partial charge >= 0.3 is 0 Å². The Bertz CT molecular complexity index is 900. The first kappa shape index (κ1) is 17.1. The van der Waals surface area contributed by atoms with Crippen LogP contribution in [0.4, 0.5) is 0 Å². The third-order valence-electron chi connectivity index (χ3n) is 4.35. The summed E-state index contributed by atoms with van der Waals surface area (Å²) in [4.78, 5) is 17.0. The smallest absolute Gasteiger partial charge is 0.269 e. The van der Waals surface area contributed by atoms with E-state index in [1.165, 1.54) is 0 Å². The minimum absolute atomic E-state index is 0.155. The summed E-state index contributed by atoms with van der Waals surface area (Å²) in [5.74, 6) is -0.155. The molecular weight excluding hydrogens is 314 g/mol. The number of hydrogen-bond acceptors (Lipinski definition) is 4. The Morgan fingerprint density at radius 2 is 2.00 bits per heavy atom. The van der Waals surface area contributed by atoms with E-state index in [4.69, 9.17) is 0 Å². The molecule has 3 rings (SSSR count). The van der Waals surface area contributed by atoms with E-state index < -0.39 is 0 Å². The van der Waals surface area contributed by atoms with E-state index >= 15 is 0 Å². The molecule has 0 saturated heterocycles. The van der Waals surface area contributed by atoms with Crippen LogP contribution in [0.15, 0.2) is 30.3 Å². The number of fused-ring (bicyclic) bond motifs is 1. The molecule has 0 radical (unpaired) electrons. The van der Waals surface area contributed by atoms with Crippen LogP contribution in [-0.4, -0.2) is 32.4 Å². The van der Waals surface area contributed by atoms with Crippen molar-refractivity contribution in [1.82, 2.24) is 25.3 Å². The standard InChI is InChI=1S/C19H23N5O/c1-4-5-8-11-20-19(25)17-12-18(24-14(3)13(2)22-23-24)15-9-6-7-10-16(15)21-17/h6-7,9-10,12H,4-5,8,11H2,1-3H3,(H,20,25). The van der Waals surface area contributed by atoms with Crippen molar-refractivity contribution in [3.63, 3.8) is 0 Å². The fraction of sp³-hybridized carbons (Fsp3) is 0.368. The number of hydrogen-bond donors (Lipinski definition) is 1. The molecule has 1 aromatic carbocycles. The van der Waals surface area contributed by atoms with Crippen molar-refractivity contribution < 1.29 is 4.79 Å². The van der Waals surface area contributed by atoms with Gasteiger partial charge in [-0.25, -0.2) is 9.67 Å². The van der Waals surface area contributed by atoms with Crippen LogP contribution in [0.1, 0.15) is 48.1 Å². The van der Waals surface area contributed by atoms with Crippen LogP contribution in [-0.2, 0) is 0 Å². The fourth-order valence-corrected chi connectivity index (χ4v) is 2.75. The number of rotatable bonds is 6. The first-order chi connectivity index (χ1) is 12.1. The highest BCUT2D eigenvalue weighted by Gasteiger charge is 2.15. The summed E-state index contributed by atoms with van der Waals surface area (Å²) in [7, 11) is 0. The largest absolute Gasteiger partial charge is 0.351 e. The van der Waals surface area contributed by atoms with Gasteiger partial charge < -0.3 is 5.32 Å². The molecule has 6 nitrogen and oxygen atoms in total. The zero-order valence-electron chi connectivity index (χ0n) is 14.9. The van der Waals surface area contributed by atoms with Gasteiger partial charge in [-0.2, -0.15) is 0 Å². The van der Waals surface area contributed by atoms with Crippen LogP contribution in [0.25, 0.3) is 16.6 Å². The number of carbonyl (C=O) groups excluding carboxylic acids is 1.